The molecule has 10 atom stereocenters. The zero-order chi connectivity index (χ0) is 25.1. The summed E-state index contributed by atoms with van der Waals surface area (Å²) in [5.41, 5.74) is 0.706. The zero-order valence-corrected chi connectivity index (χ0v) is 22.6. The number of hydrogen-bond donors (Lipinski definition) is 3. The van der Waals surface area contributed by atoms with Gasteiger partial charge in [-0.05, 0) is 104 Å². The number of aliphatic carboxylic acids is 1. The summed E-state index contributed by atoms with van der Waals surface area (Å²) >= 11 is 0. The van der Waals surface area contributed by atoms with E-state index in [1.54, 1.807) is 0 Å². The van der Waals surface area contributed by atoms with Gasteiger partial charge in [0, 0.05) is 5.41 Å². The van der Waals surface area contributed by atoms with Gasteiger partial charge in [0.05, 0.1) is 17.6 Å². The largest absolute Gasteiger partial charge is 0.481 e. The molecule has 3 N–H and O–H groups in total. The normalized spacial score (nSPS) is 56.3. The molecule has 5 rings (SSSR count). The minimum Gasteiger partial charge on any atom is -0.481 e. The molecule has 0 bridgehead atoms. The first-order chi connectivity index (χ1) is 15.6. The molecule has 192 valence electrons. The third-order valence-corrected chi connectivity index (χ3v) is 13.4. The first-order valence-electron chi connectivity index (χ1n) is 13.9. The van der Waals surface area contributed by atoms with Crippen LogP contribution in [0.2, 0.25) is 0 Å². The van der Waals surface area contributed by atoms with Crippen molar-refractivity contribution in [3.8, 4) is 0 Å². The Kier molecular flexibility index (Phi) is 5.20. The second kappa shape index (κ2) is 7.12. The average Bonchev–Trinajstić information content (AvgIpc) is 2.73. The predicted octanol–water partition coefficient (Wildman–Crippen LogP) is 6.20. The first-order valence-corrected chi connectivity index (χ1v) is 13.9. The summed E-state index contributed by atoms with van der Waals surface area (Å²) in [4.78, 5) is 12.3. The number of aliphatic hydroxyl groups excluding tert-OH is 2. The Bertz CT molecular complexity index is 923. The summed E-state index contributed by atoms with van der Waals surface area (Å²) in [7, 11) is 0. The quantitative estimate of drug-likeness (QED) is 0.397. The van der Waals surface area contributed by atoms with E-state index >= 15 is 0 Å². The van der Waals surface area contributed by atoms with Gasteiger partial charge in [-0.25, -0.2) is 0 Å². The molecule has 34 heavy (non-hydrogen) atoms. The highest BCUT2D eigenvalue weighted by Crippen LogP contribution is 2.75. The summed E-state index contributed by atoms with van der Waals surface area (Å²) in [6.07, 6.45) is 10.1. The van der Waals surface area contributed by atoms with Crippen molar-refractivity contribution in [3.05, 3.63) is 11.6 Å². The molecule has 0 amide bonds. The molecule has 0 aromatic rings. The standard InChI is InChI=1S/C30H48O4/c1-25(2)20-10-13-30(7)21(28(20,5)12-11-22(25)31)9-8-18-19-16-26(3,24(33)34)17-23(32)27(19,4)14-15-29(18,30)6/h8,19-23,31-32H,9-17H2,1-7H3,(H,33,34)/t19?,20?,21?,22-,23+,26-,27+,28-,29+,30+/m0/s1. The van der Waals surface area contributed by atoms with Crippen molar-refractivity contribution in [2.75, 3.05) is 0 Å². The Labute approximate surface area is 206 Å². The predicted molar refractivity (Wildman–Crippen MR) is 134 cm³/mol. The molecule has 0 heterocycles. The van der Waals surface area contributed by atoms with Crippen LogP contribution in [-0.2, 0) is 4.79 Å². The Morgan fingerprint density at radius 2 is 1.50 bits per heavy atom. The fourth-order valence-corrected chi connectivity index (χ4v) is 10.6. The van der Waals surface area contributed by atoms with Gasteiger partial charge in [0.15, 0.2) is 0 Å². The van der Waals surface area contributed by atoms with Crippen molar-refractivity contribution in [3.63, 3.8) is 0 Å². The van der Waals surface area contributed by atoms with E-state index in [4.69, 9.17) is 0 Å². The number of allylic oxidation sites excluding steroid dienone is 2. The van der Waals surface area contributed by atoms with Gasteiger partial charge in [-0.1, -0.05) is 53.2 Å². The van der Waals surface area contributed by atoms with Gasteiger partial charge in [0.1, 0.15) is 0 Å². The number of carbonyl (C=O) groups is 1. The Balaban J connectivity index is 1.59. The monoisotopic (exact) mass is 472 g/mol. The van der Waals surface area contributed by atoms with Crippen LogP contribution in [0, 0.1) is 50.2 Å². The maximum absolute atomic E-state index is 12.3. The Morgan fingerprint density at radius 1 is 0.824 bits per heavy atom. The second-order valence-electron chi connectivity index (χ2n) is 15.0. The van der Waals surface area contributed by atoms with Crippen LogP contribution in [0.3, 0.4) is 0 Å². The molecule has 4 nitrogen and oxygen atoms in total. The van der Waals surface area contributed by atoms with Gasteiger partial charge >= 0.3 is 5.97 Å². The van der Waals surface area contributed by atoms with Crippen LogP contribution in [-0.4, -0.2) is 33.5 Å². The Hall–Kier alpha value is -0.870. The highest BCUT2D eigenvalue weighted by atomic mass is 16.4. The zero-order valence-electron chi connectivity index (χ0n) is 22.6. The average molecular weight is 473 g/mol. The van der Waals surface area contributed by atoms with E-state index < -0.39 is 17.5 Å². The molecule has 5 aliphatic carbocycles. The molecule has 0 saturated heterocycles. The lowest BCUT2D eigenvalue weighted by atomic mass is 9.33. The summed E-state index contributed by atoms with van der Waals surface area (Å²) in [5.74, 6) is 0.463. The molecular weight excluding hydrogens is 424 g/mol. The lowest BCUT2D eigenvalue weighted by Gasteiger charge is -2.71. The number of hydrogen-bond acceptors (Lipinski definition) is 3. The fraction of sp³-hybridized carbons (Fsp3) is 0.900. The topological polar surface area (TPSA) is 77.8 Å². The van der Waals surface area contributed by atoms with E-state index in [1.807, 2.05) is 6.92 Å². The van der Waals surface area contributed by atoms with Crippen molar-refractivity contribution in [1.29, 1.82) is 0 Å². The van der Waals surface area contributed by atoms with E-state index in [9.17, 15) is 20.1 Å². The van der Waals surface area contributed by atoms with E-state index in [0.717, 1.165) is 38.5 Å². The molecule has 4 fully saturated rings. The van der Waals surface area contributed by atoms with Crippen molar-refractivity contribution in [2.45, 2.75) is 118 Å². The summed E-state index contributed by atoms with van der Waals surface area (Å²) in [5, 5.41) is 32.2. The van der Waals surface area contributed by atoms with Crippen LogP contribution in [0.15, 0.2) is 11.6 Å². The van der Waals surface area contributed by atoms with Gasteiger partial charge < -0.3 is 15.3 Å². The molecule has 3 unspecified atom stereocenters. The molecule has 0 aliphatic heterocycles. The van der Waals surface area contributed by atoms with Crippen LogP contribution < -0.4 is 0 Å². The lowest BCUT2D eigenvalue weighted by Crippen LogP contribution is -2.65. The van der Waals surface area contributed by atoms with E-state index in [2.05, 4.69) is 47.6 Å². The molecular formula is C30H48O4. The highest BCUT2D eigenvalue weighted by molar-refractivity contribution is 5.74. The number of carboxylic acids is 1. The molecule has 0 aromatic heterocycles. The van der Waals surface area contributed by atoms with Gasteiger partial charge in [-0.2, -0.15) is 0 Å². The SMILES string of the molecule is CC1(C)C2CC[C@]3(C)C(CC=C4C5C[C@](C)(C(=O)O)C[C@@H](O)[C@]5(C)CC[C@]43C)[C@@]2(C)CC[C@@H]1O. The van der Waals surface area contributed by atoms with Gasteiger partial charge in [0.25, 0.3) is 0 Å². The van der Waals surface area contributed by atoms with Crippen molar-refractivity contribution in [2.24, 2.45) is 50.2 Å². The van der Waals surface area contributed by atoms with Gasteiger partial charge in [0.2, 0.25) is 0 Å². The number of fused-ring (bicyclic) bond motifs is 7. The number of aliphatic hydroxyl groups is 2. The fourth-order valence-electron chi connectivity index (χ4n) is 10.6. The maximum Gasteiger partial charge on any atom is 0.309 e. The number of rotatable bonds is 1. The third-order valence-electron chi connectivity index (χ3n) is 13.4. The maximum atomic E-state index is 12.3. The third kappa shape index (κ3) is 2.82. The molecule has 4 saturated carbocycles. The van der Waals surface area contributed by atoms with Crippen LogP contribution in [0.4, 0.5) is 0 Å². The Morgan fingerprint density at radius 3 is 2.15 bits per heavy atom. The minimum absolute atomic E-state index is 0.0325. The molecule has 0 spiro atoms. The second-order valence-corrected chi connectivity index (χ2v) is 15.0. The van der Waals surface area contributed by atoms with Crippen LogP contribution >= 0.6 is 0 Å². The van der Waals surface area contributed by atoms with E-state index in [1.165, 1.54) is 12.0 Å². The van der Waals surface area contributed by atoms with Crippen LogP contribution in [0.25, 0.3) is 0 Å². The van der Waals surface area contributed by atoms with Gasteiger partial charge in [-0.15, -0.1) is 0 Å². The van der Waals surface area contributed by atoms with Crippen molar-refractivity contribution >= 4 is 5.97 Å². The molecule has 0 radical (unpaired) electrons. The lowest BCUT2D eigenvalue weighted by molar-refractivity contribution is -0.208. The molecule has 4 heteroatoms. The summed E-state index contributed by atoms with van der Waals surface area (Å²) in [6.45, 7) is 16.2. The molecule has 0 aromatic carbocycles. The first kappa shape index (κ1) is 24.8. The smallest absolute Gasteiger partial charge is 0.309 e. The molecule has 5 aliphatic rings. The van der Waals surface area contributed by atoms with E-state index in [0.29, 0.717) is 24.7 Å². The number of carboxylic acid groups (broad SMARTS) is 1. The van der Waals surface area contributed by atoms with Crippen molar-refractivity contribution in [1.82, 2.24) is 0 Å². The summed E-state index contributed by atoms with van der Waals surface area (Å²) in [6, 6.07) is 0. The summed E-state index contributed by atoms with van der Waals surface area (Å²) < 4.78 is 0. The highest BCUT2D eigenvalue weighted by Gasteiger charge is 2.69. The van der Waals surface area contributed by atoms with Crippen molar-refractivity contribution < 1.29 is 20.1 Å². The van der Waals surface area contributed by atoms with Gasteiger partial charge in [-0.3, -0.25) is 4.79 Å². The van der Waals surface area contributed by atoms with E-state index in [-0.39, 0.29) is 39.1 Å². The minimum atomic E-state index is -0.867. The van der Waals surface area contributed by atoms with Crippen LogP contribution in [0.1, 0.15) is 106 Å². The van der Waals surface area contributed by atoms with Crippen LogP contribution in [0.5, 0.6) is 0 Å².